The van der Waals surface area contributed by atoms with Crippen molar-refractivity contribution in [2.45, 2.75) is 20.4 Å². The molecule has 2 aromatic rings. The van der Waals surface area contributed by atoms with Crippen LogP contribution in [0.2, 0.25) is 0 Å². The largest absolute Gasteiger partial charge is 0.497 e. The van der Waals surface area contributed by atoms with E-state index in [1.54, 1.807) is 13.2 Å². The molecule has 0 atom stereocenters. The molecule has 0 aliphatic heterocycles. The van der Waals surface area contributed by atoms with E-state index >= 15 is 0 Å². The summed E-state index contributed by atoms with van der Waals surface area (Å²) in [4.78, 5) is 6.24. The van der Waals surface area contributed by atoms with Crippen LogP contribution >= 0.6 is 0 Å². The SMILES string of the molecule is CCN(CC)c1ccc(CN=C(N)Nc2cccc(OC)c2)cc1F. The minimum atomic E-state index is -0.240. The zero-order chi connectivity index (χ0) is 18.2. The topological polar surface area (TPSA) is 62.9 Å². The quantitative estimate of drug-likeness (QED) is 0.595. The molecule has 25 heavy (non-hydrogen) atoms. The molecular weight excluding hydrogens is 319 g/mol. The first kappa shape index (κ1) is 18.6. The maximum absolute atomic E-state index is 14.3. The van der Waals surface area contributed by atoms with E-state index in [-0.39, 0.29) is 11.8 Å². The molecule has 0 bridgehead atoms. The number of anilines is 2. The first-order valence-electron chi connectivity index (χ1n) is 8.31. The Kier molecular flexibility index (Phi) is 6.62. The second kappa shape index (κ2) is 8.92. The van der Waals surface area contributed by atoms with E-state index in [0.717, 1.165) is 30.1 Å². The van der Waals surface area contributed by atoms with Crippen LogP contribution in [-0.4, -0.2) is 26.2 Å². The normalized spacial score (nSPS) is 11.3. The predicted molar refractivity (Wildman–Crippen MR) is 102 cm³/mol. The molecule has 0 aliphatic rings. The van der Waals surface area contributed by atoms with Crippen molar-refractivity contribution in [2.75, 3.05) is 30.4 Å². The summed E-state index contributed by atoms with van der Waals surface area (Å²) in [5.74, 6) is 0.754. The molecule has 5 nitrogen and oxygen atoms in total. The summed E-state index contributed by atoms with van der Waals surface area (Å²) >= 11 is 0. The van der Waals surface area contributed by atoms with Crippen molar-refractivity contribution in [2.24, 2.45) is 10.7 Å². The highest BCUT2D eigenvalue weighted by molar-refractivity contribution is 5.92. The molecule has 2 aromatic carbocycles. The number of methoxy groups -OCH3 is 1. The lowest BCUT2D eigenvalue weighted by atomic mass is 10.2. The molecular formula is C19H25FN4O. The highest BCUT2D eigenvalue weighted by atomic mass is 19.1. The molecule has 0 aliphatic carbocycles. The Morgan fingerprint density at radius 2 is 1.96 bits per heavy atom. The fourth-order valence-corrected chi connectivity index (χ4v) is 2.53. The fourth-order valence-electron chi connectivity index (χ4n) is 2.53. The second-order valence-electron chi connectivity index (χ2n) is 5.52. The van der Waals surface area contributed by atoms with Gasteiger partial charge in [0.1, 0.15) is 11.6 Å². The van der Waals surface area contributed by atoms with E-state index in [4.69, 9.17) is 10.5 Å². The van der Waals surface area contributed by atoms with Crippen molar-refractivity contribution < 1.29 is 9.13 Å². The van der Waals surface area contributed by atoms with Crippen LogP contribution in [0.25, 0.3) is 0 Å². The van der Waals surface area contributed by atoms with Gasteiger partial charge in [0.2, 0.25) is 0 Å². The number of rotatable bonds is 7. The van der Waals surface area contributed by atoms with Gasteiger partial charge in [-0.25, -0.2) is 9.38 Å². The molecule has 134 valence electrons. The molecule has 0 aromatic heterocycles. The van der Waals surface area contributed by atoms with Crippen LogP contribution < -0.4 is 20.7 Å². The van der Waals surface area contributed by atoms with Crippen molar-refractivity contribution in [3.63, 3.8) is 0 Å². The number of nitrogens with two attached hydrogens (primary N) is 1. The summed E-state index contributed by atoms with van der Waals surface area (Å²) in [6, 6.07) is 12.6. The molecule has 0 radical (unpaired) electrons. The average molecular weight is 344 g/mol. The fraction of sp³-hybridized carbons (Fsp3) is 0.316. The molecule has 0 spiro atoms. The molecule has 0 saturated heterocycles. The standard InChI is InChI=1S/C19H25FN4O/c1-4-24(5-2)18-10-9-14(11-17(18)20)13-22-19(21)23-15-7-6-8-16(12-15)25-3/h6-12H,4-5,13H2,1-3H3,(H3,21,22,23). The number of guanidine groups is 1. The van der Waals surface area contributed by atoms with Gasteiger partial charge in [-0.05, 0) is 43.7 Å². The van der Waals surface area contributed by atoms with E-state index in [1.165, 1.54) is 6.07 Å². The number of benzene rings is 2. The summed E-state index contributed by atoms with van der Waals surface area (Å²) < 4.78 is 19.4. The van der Waals surface area contributed by atoms with Crippen molar-refractivity contribution in [1.29, 1.82) is 0 Å². The van der Waals surface area contributed by atoms with Crippen LogP contribution in [0.15, 0.2) is 47.5 Å². The van der Waals surface area contributed by atoms with Gasteiger partial charge in [0.15, 0.2) is 5.96 Å². The lowest BCUT2D eigenvalue weighted by molar-refractivity contribution is 0.415. The van der Waals surface area contributed by atoms with Gasteiger partial charge in [-0.15, -0.1) is 0 Å². The number of aliphatic imine (C=N–C) groups is 1. The van der Waals surface area contributed by atoms with Crippen LogP contribution in [0.5, 0.6) is 5.75 Å². The molecule has 0 heterocycles. The number of halogens is 1. The van der Waals surface area contributed by atoms with Crippen LogP contribution in [0.3, 0.4) is 0 Å². The van der Waals surface area contributed by atoms with E-state index in [0.29, 0.717) is 12.2 Å². The first-order chi connectivity index (χ1) is 12.1. The van der Waals surface area contributed by atoms with E-state index in [1.807, 2.05) is 49.1 Å². The van der Waals surface area contributed by atoms with Crippen LogP contribution in [0.1, 0.15) is 19.4 Å². The molecule has 0 fully saturated rings. The number of nitrogens with one attached hydrogen (secondary N) is 1. The Morgan fingerprint density at radius 1 is 1.20 bits per heavy atom. The summed E-state index contributed by atoms with van der Waals surface area (Å²) in [6.45, 7) is 5.85. The van der Waals surface area contributed by atoms with Gasteiger partial charge in [0, 0.05) is 24.8 Å². The summed E-state index contributed by atoms with van der Waals surface area (Å²) in [5.41, 5.74) is 8.06. The maximum atomic E-state index is 14.3. The molecule has 0 unspecified atom stereocenters. The van der Waals surface area contributed by atoms with E-state index in [2.05, 4.69) is 10.3 Å². The zero-order valence-electron chi connectivity index (χ0n) is 14.9. The second-order valence-corrected chi connectivity index (χ2v) is 5.52. The number of hydrogen-bond donors (Lipinski definition) is 2. The molecule has 2 rings (SSSR count). The third kappa shape index (κ3) is 5.11. The average Bonchev–Trinajstić information content (AvgIpc) is 2.62. The van der Waals surface area contributed by atoms with Gasteiger partial charge in [-0.3, -0.25) is 0 Å². The van der Waals surface area contributed by atoms with Crippen LogP contribution in [-0.2, 0) is 6.54 Å². The summed E-state index contributed by atoms with van der Waals surface area (Å²) in [5, 5.41) is 3.00. The van der Waals surface area contributed by atoms with E-state index < -0.39 is 0 Å². The first-order valence-corrected chi connectivity index (χ1v) is 8.31. The van der Waals surface area contributed by atoms with Crippen LogP contribution in [0, 0.1) is 5.82 Å². The van der Waals surface area contributed by atoms with Gasteiger partial charge in [-0.1, -0.05) is 12.1 Å². The lowest BCUT2D eigenvalue weighted by Gasteiger charge is -2.21. The Bertz CT molecular complexity index is 729. The number of ether oxygens (including phenoxy) is 1. The minimum Gasteiger partial charge on any atom is -0.497 e. The third-order valence-electron chi connectivity index (χ3n) is 3.89. The lowest BCUT2D eigenvalue weighted by Crippen LogP contribution is -2.23. The summed E-state index contributed by atoms with van der Waals surface area (Å²) in [6.07, 6.45) is 0. The van der Waals surface area contributed by atoms with Gasteiger partial charge >= 0.3 is 0 Å². The van der Waals surface area contributed by atoms with Crippen molar-refractivity contribution in [3.8, 4) is 5.75 Å². The Hall–Kier alpha value is -2.76. The monoisotopic (exact) mass is 344 g/mol. The van der Waals surface area contributed by atoms with Gasteiger partial charge in [-0.2, -0.15) is 0 Å². The van der Waals surface area contributed by atoms with Gasteiger partial charge < -0.3 is 20.7 Å². The smallest absolute Gasteiger partial charge is 0.193 e. The minimum absolute atomic E-state index is 0.240. The van der Waals surface area contributed by atoms with Crippen molar-refractivity contribution >= 4 is 17.3 Å². The summed E-state index contributed by atoms with van der Waals surface area (Å²) in [7, 11) is 1.60. The van der Waals surface area contributed by atoms with Gasteiger partial charge in [0.05, 0.1) is 19.3 Å². The maximum Gasteiger partial charge on any atom is 0.193 e. The predicted octanol–water partition coefficient (Wildman–Crippen LogP) is 3.61. The molecule has 3 N–H and O–H groups in total. The Balaban J connectivity index is 2.03. The van der Waals surface area contributed by atoms with Crippen LogP contribution in [0.4, 0.5) is 15.8 Å². The zero-order valence-corrected chi connectivity index (χ0v) is 14.9. The molecule has 0 amide bonds. The highest BCUT2D eigenvalue weighted by Gasteiger charge is 2.09. The van der Waals surface area contributed by atoms with Gasteiger partial charge in [0.25, 0.3) is 0 Å². The van der Waals surface area contributed by atoms with Crippen molar-refractivity contribution in [1.82, 2.24) is 0 Å². The molecule has 6 heteroatoms. The van der Waals surface area contributed by atoms with Crippen molar-refractivity contribution in [3.05, 3.63) is 53.8 Å². The highest BCUT2D eigenvalue weighted by Crippen LogP contribution is 2.21. The number of nitrogens with zero attached hydrogens (tertiary/aromatic N) is 2. The Morgan fingerprint density at radius 3 is 2.60 bits per heavy atom. The number of hydrogen-bond acceptors (Lipinski definition) is 3. The third-order valence-corrected chi connectivity index (χ3v) is 3.89. The molecule has 0 saturated carbocycles. The Labute approximate surface area is 148 Å². The van der Waals surface area contributed by atoms with E-state index in [9.17, 15) is 4.39 Å².